The Bertz CT molecular complexity index is 437. The van der Waals surface area contributed by atoms with E-state index in [1.54, 1.807) is 23.1 Å². The highest BCUT2D eigenvalue weighted by Gasteiger charge is 2.26. The van der Waals surface area contributed by atoms with Crippen molar-refractivity contribution in [2.24, 2.45) is 5.73 Å². The van der Waals surface area contributed by atoms with Crippen LogP contribution in [0, 0.1) is 5.82 Å². The van der Waals surface area contributed by atoms with E-state index >= 15 is 0 Å². The Morgan fingerprint density at radius 1 is 1.47 bits per heavy atom. The highest BCUT2D eigenvalue weighted by atomic mass is 19.1. The molecule has 0 spiro atoms. The van der Waals surface area contributed by atoms with Gasteiger partial charge in [-0.3, -0.25) is 4.79 Å². The second-order valence-electron chi connectivity index (χ2n) is 4.66. The van der Waals surface area contributed by atoms with Gasteiger partial charge in [0.15, 0.2) is 0 Å². The number of carbonyl (C=O) groups is 1. The third-order valence-electron chi connectivity index (χ3n) is 3.35. The predicted molar refractivity (Wildman–Crippen MR) is 70.1 cm³/mol. The van der Waals surface area contributed by atoms with Crippen LogP contribution in [0.15, 0.2) is 24.3 Å². The molecule has 19 heavy (non-hydrogen) atoms. The van der Waals surface area contributed by atoms with Crippen LogP contribution >= 0.6 is 0 Å². The molecule has 2 rings (SSSR count). The first-order chi connectivity index (χ1) is 9.22. The van der Waals surface area contributed by atoms with E-state index in [4.69, 9.17) is 10.5 Å². The first kappa shape index (κ1) is 14.0. The summed E-state index contributed by atoms with van der Waals surface area (Å²) in [6.07, 6.45) is 0.802. The lowest BCUT2D eigenvalue weighted by Crippen LogP contribution is -2.50. The predicted octanol–water partition coefficient (Wildman–Crippen LogP) is 0.944. The van der Waals surface area contributed by atoms with Gasteiger partial charge in [0.2, 0.25) is 5.91 Å². The van der Waals surface area contributed by atoms with Crippen LogP contribution < -0.4 is 5.73 Å². The summed E-state index contributed by atoms with van der Waals surface area (Å²) in [6, 6.07) is 6.39. The minimum atomic E-state index is -0.334. The Labute approximate surface area is 112 Å². The van der Waals surface area contributed by atoms with Crippen LogP contribution in [-0.2, 0) is 16.0 Å². The number of nitrogens with zero attached hydrogens (tertiary/aromatic N) is 1. The number of morpholine rings is 1. The van der Waals surface area contributed by atoms with Crippen molar-refractivity contribution in [3.05, 3.63) is 35.6 Å². The number of benzene rings is 1. The van der Waals surface area contributed by atoms with E-state index < -0.39 is 0 Å². The van der Waals surface area contributed by atoms with Crippen molar-refractivity contribution in [2.45, 2.75) is 18.9 Å². The summed E-state index contributed by atoms with van der Waals surface area (Å²) in [6.45, 7) is 2.11. The third-order valence-corrected chi connectivity index (χ3v) is 3.35. The van der Waals surface area contributed by atoms with Crippen molar-refractivity contribution in [3.8, 4) is 0 Å². The second kappa shape index (κ2) is 6.63. The fraction of sp³-hybridized carbons (Fsp3) is 0.500. The van der Waals surface area contributed by atoms with Crippen LogP contribution in [0.3, 0.4) is 0 Å². The quantitative estimate of drug-likeness (QED) is 0.882. The van der Waals surface area contributed by atoms with Crippen molar-refractivity contribution < 1.29 is 13.9 Å². The lowest BCUT2D eigenvalue weighted by Gasteiger charge is -2.35. The monoisotopic (exact) mass is 266 g/mol. The van der Waals surface area contributed by atoms with Crippen molar-refractivity contribution in [3.63, 3.8) is 0 Å². The van der Waals surface area contributed by atoms with Crippen LogP contribution in [0.1, 0.15) is 12.0 Å². The van der Waals surface area contributed by atoms with Gasteiger partial charge in [0.25, 0.3) is 0 Å². The number of rotatable bonds is 4. The number of halogens is 1. The third kappa shape index (κ3) is 3.52. The molecule has 1 amide bonds. The molecule has 1 unspecified atom stereocenters. The van der Waals surface area contributed by atoms with Gasteiger partial charge in [-0.2, -0.15) is 0 Å². The smallest absolute Gasteiger partial charge is 0.227 e. The van der Waals surface area contributed by atoms with E-state index in [9.17, 15) is 9.18 Å². The Balaban J connectivity index is 2.03. The summed E-state index contributed by atoms with van der Waals surface area (Å²) in [5.74, 6) is -0.397. The van der Waals surface area contributed by atoms with Crippen molar-refractivity contribution >= 4 is 5.91 Å². The van der Waals surface area contributed by atoms with Crippen molar-refractivity contribution in [2.75, 3.05) is 26.3 Å². The molecule has 0 aromatic heterocycles. The standard InChI is InChI=1S/C14H19FN2O2/c15-13-4-2-1-3-11(13)9-14(18)17-7-8-19-10-12(17)5-6-16/h1-4,12H,5-10,16H2. The van der Waals surface area contributed by atoms with Gasteiger partial charge < -0.3 is 15.4 Å². The van der Waals surface area contributed by atoms with Gasteiger partial charge in [0, 0.05) is 6.54 Å². The molecular formula is C14H19FN2O2. The summed E-state index contributed by atoms with van der Waals surface area (Å²) < 4.78 is 18.9. The summed E-state index contributed by atoms with van der Waals surface area (Å²) in [5.41, 5.74) is 5.98. The van der Waals surface area contributed by atoms with Gasteiger partial charge in [-0.25, -0.2) is 4.39 Å². The molecule has 0 bridgehead atoms. The normalized spacial score (nSPS) is 19.5. The number of nitrogens with two attached hydrogens (primary N) is 1. The first-order valence-electron chi connectivity index (χ1n) is 6.53. The number of hydrogen-bond acceptors (Lipinski definition) is 3. The van der Waals surface area contributed by atoms with Gasteiger partial charge in [-0.1, -0.05) is 18.2 Å². The lowest BCUT2D eigenvalue weighted by molar-refractivity contribution is -0.139. The van der Waals surface area contributed by atoms with E-state index in [0.29, 0.717) is 38.3 Å². The molecule has 0 radical (unpaired) electrons. The number of hydrogen-bond donors (Lipinski definition) is 1. The zero-order chi connectivity index (χ0) is 13.7. The lowest BCUT2D eigenvalue weighted by atomic mass is 10.1. The molecule has 1 aromatic rings. The molecular weight excluding hydrogens is 247 g/mol. The molecule has 0 aliphatic carbocycles. The highest BCUT2D eigenvalue weighted by Crippen LogP contribution is 2.14. The molecule has 1 fully saturated rings. The maximum atomic E-state index is 13.5. The maximum absolute atomic E-state index is 13.5. The Morgan fingerprint density at radius 3 is 3.00 bits per heavy atom. The van der Waals surface area contributed by atoms with Crippen LogP contribution in [-0.4, -0.2) is 43.2 Å². The van der Waals surface area contributed by atoms with Gasteiger partial charge in [0.05, 0.1) is 25.7 Å². The van der Waals surface area contributed by atoms with Crippen LogP contribution in [0.25, 0.3) is 0 Å². The summed E-state index contributed by atoms with van der Waals surface area (Å²) in [4.78, 5) is 14.0. The molecule has 104 valence electrons. The number of amides is 1. The molecule has 1 aliphatic rings. The zero-order valence-corrected chi connectivity index (χ0v) is 10.8. The second-order valence-corrected chi connectivity index (χ2v) is 4.66. The molecule has 2 N–H and O–H groups in total. The Morgan fingerprint density at radius 2 is 2.26 bits per heavy atom. The largest absolute Gasteiger partial charge is 0.377 e. The first-order valence-corrected chi connectivity index (χ1v) is 6.53. The Hall–Kier alpha value is -1.46. The average molecular weight is 266 g/mol. The van der Waals surface area contributed by atoms with Crippen LogP contribution in [0.4, 0.5) is 4.39 Å². The number of carbonyl (C=O) groups excluding carboxylic acids is 1. The minimum Gasteiger partial charge on any atom is -0.377 e. The number of ether oxygens (including phenoxy) is 1. The van der Waals surface area contributed by atoms with Gasteiger partial charge in [-0.15, -0.1) is 0 Å². The molecule has 1 aliphatic heterocycles. The fourth-order valence-electron chi connectivity index (χ4n) is 2.32. The average Bonchev–Trinajstić information content (AvgIpc) is 2.42. The van der Waals surface area contributed by atoms with E-state index in [1.165, 1.54) is 6.07 Å². The molecule has 1 heterocycles. The van der Waals surface area contributed by atoms with E-state index in [0.717, 1.165) is 0 Å². The van der Waals surface area contributed by atoms with Crippen molar-refractivity contribution in [1.29, 1.82) is 0 Å². The SMILES string of the molecule is NCCC1COCCN1C(=O)Cc1ccccc1F. The molecule has 1 saturated heterocycles. The molecule has 1 aromatic carbocycles. The van der Waals surface area contributed by atoms with Gasteiger partial charge in [-0.05, 0) is 24.6 Å². The van der Waals surface area contributed by atoms with Crippen LogP contribution in [0.2, 0.25) is 0 Å². The fourth-order valence-corrected chi connectivity index (χ4v) is 2.32. The van der Waals surface area contributed by atoms with E-state index in [-0.39, 0.29) is 24.2 Å². The van der Waals surface area contributed by atoms with Crippen LogP contribution in [0.5, 0.6) is 0 Å². The summed E-state index contributed by atoms with van der Waals surface area (Å²) >= 11 is 0. The zero-order valence-electron chi connectivity index (χ0n) is 10.8. The van der Waals surface area contributed by atoms with Gasteiger partial charge in [0.1, 0.15) is 5.82 Å². The summed E-state index contributed by atoms with van der Waals surface area (Å²) in [5, 5.41) is 0. The van der Waals surface area contributed by atoms with E-state index in [2.05, 4.69) is 0 Å². The van der Waals surface area contributed by atoms with Gasteiger partial charge >= 0.3 is 0 Å². The maximum Gasteiger partial charge on any atom is 0.227 e. The molecule has 0 saturated carbocycles. The molecule has 5 heteroatoms. The van der Waals surface area contributed by atoms with Crippen molar-refractivity contribution in [1.82, 2.24) is 4.90 Å². The Kier molecular flexibility index (Phi) is 4.87. The molecule has 1 atom stereocenters. The molecule has 4 nitrogen and oxygen atoms in total. The van der Waals surface area contributed by atoms with E-state index in [1.807, 2.05) is 0 Å². The summed E-state index contributed by atoms with van der Waals surface area (Å²) in [7, 11) is 0. The minimum absolute atomic E-state index is 0.0121. The highest BCUT2D eigenvalue weighted by molar-refractivity contribution is 5.79. The topological polar surface area (TPSA) is 55.6 Å².